The summed E-state index contributed by atoms with van der Waals surface area (Å²) in [5.74, 6) is 0.723. The SMILES string of the molecule is CC[C@@](C)(N)c1cnc(OC2CC2)c2cnc(Cc3ccc4c(n3)[C@@H](C)[C@H](C)OC4=O)cc12.CC[C@](C)(N)c1cnc(OC2CC2)c2cnc(Cc3ccc4c(n3)[C@@H](C)[C@H](C)OC4=O)cc12. The van der Waals surface area contributed by atoms with Gasteiger partial charge < -0.3 is 30.4 Å². The zero-order chi connectivity index (χ0) is 46.7. The third kappa shape index (κ3) is 9.05. The fourth-order valence-corrected chi connectivity index (χ4v) is 8.42. The highest BCUT2D eigenvalue weighted by atomic mass is 16.5. The second kappa shape index (κ2) is 17.6. The highest BCUT2D eigenvalue weighted by molar-refractivity contribution is 5.93. The Bertz CT molecular complexity index is 2660. The second-order valence-electron chi connectivity index (χ2n) is 19.2. The quantitative estimate of drug-likeness (QED) is 0.110. The fourth-order valence-electron chi connectivity index (χ4n) is 8.42. The van der Waals surface area contributed by atoms with E-state index in [1.807, 2.05) is 90.6 Å². The average molecular weight is 893 g/mol. The van der Waals surface area contributed by atoms with Crippen LogP contribution < -0.4 is 20.9 Å². The lowest BCUT2D eigenvalue weighted by Gasteiger charge is -2.27. The summed E-state index contributed by atoms with van der Waals surface area (Å²) in [5.41, 5.74) is 20.4. The van der Waals surface area contributed by atoms with Crippen molar-refractivity contribution in [2.24, 2.45) is 11.5 Å². The van der Waals surface area contributed by atoms with Crippen LogP contribution in [0.2, 0.25) is 0 Å². The minimum atomic E-state index is -0.516. The van der Waals surface area contributed by atoms with Crippen molar-refractivity contribution in [1.29, 1.82) is 0 Å². The summed E-state index contributed by atoms with van der Waals surface area (Å²) < 4.78 is 22.9. The van der Waals surface area contributed by atoms with E-state index in [0.717, 1.165) is 105 Å². The van der Waals surface area contributed by atoms with Crippen molar-refractivity contribution in [3.8, 4) is 11.8 Å². The van der Waals surface area contributed by atoms with E-state index in [-0.39, 0.29) is 48.2 Å². The zero-order valence-corrected chi connectivity index (χ0v) is 39.2. The number of ether oxygens (including phenoxy) is 4. The predicted octanol–water partition coefficient (Wildman–Crippen LogP) is 8.81. The molecule has 0 unspecified atom stereocenters. The number of fused-ring (bicyclic) bond motifs is 4. The van der Waals surface area contributed by atoms with Crippen molar-refractivity contribution in [1.82, 2.24) is 29.9 Å². The number of esters is 2. The first-order chi connectivity index (χ1) is 31.5. The minimum absolute atomic E-state index is 0.0459. The van der Waals surface area contributed by atoms with Crippen molar-refractivity contribution in [2.45, 2.75) is 154 Å². The molecule has 0 radical (unpaired) electrons. The van der Waals surface area contributed by atoms with Crippen LogP contribution in [0.15, 0.2) is 61.2 Å². The van der Waals surface area contributed by atoms with E-state index in [2.05, 4.69) is 35.9 Å². The molecule has 14 nitrogen and oxygen atoms in total. The van der Waals surface area contributed by atoms with Gasteiger partial charge in [-0.25, -0.2) is 19.6 Å². The monoisotopic (exact) mass is 892 g/mol. The van der Waals surface area contributed by atoms with E-state index < -0.39 is 11.1 Å². The first kappa shape index (κ1) is 45.1. The summed E-state index contributed by atoms with van der Waals surface area (Å²) in [6.45, 7) is 16.1. The number of hydrogen-bond acceptors (Lipinski definition) is 14. The van der Waals surface area contributed by atoms with Gasteiger partial charge in [0.15, 0.2) is 0 Å². The molecule has 0 saturated heterocycles. The Morgan fingerprint density at radius 1 is 0.576 bits per heavy atom. The molecule has 2 aliphatic carbocycles. The number of nitrogens with two attached hydrogens (primary N) is 2. The van der Waals surface area contributed by atoms with Crippen LogP contribution in [0.25, 0.3) is 21.5 Å². The molecule has 2 saturated carbocycles. The average Bonchev–Trinajstić information content (AvgIpc) is 4.26. The van der Waals surface area contributed by atoms with Gasteiger partial charge in [0.1, 0.15) is 24.4 Å². The van der Waals surface area contributed by atoms with Crippen LogP contribution in [0.1, 0.15) is 172 Å². The molecule has 8 heterocycles. The zero-order valence-electron chi connectivity index (χ0n) is 39.2. The number of carbonyl (C=O) groups excluding carboxylic acids is 2. The molecule has 14 heteroatoms. The molecule has 2 aliphatic heterocycles. The van der Waals surface area contributed by atoms with Crippen molar-refractivity contribution in [3.05, 3.63) is 118 Å². The second-order valence-corrected chi connectivity index (χ2v) is 19.2. The van der Waals surface area contributed by atoms with Gasteiger partial charge in [-0.1, -0.05) is 27.7 Å². The van der Waals surface area contributed by atoms with Gasteiger partial charge in [0, 0.05) is 83.3 Å². The summed E-state index contributed by atoms with van der Waals surface area (Å²) in [6.07, 6.45) is 14.4. The van der Waals surface area contributed by atoms with Crippen LogP contribution in [0.4, 0.5) is 0 Å². The van der Waals surface area contributed by atoms with Crippen molar-refractivity contribution < 1.29 is 28.5 Å². The van der Waals surface area contributed by atoms with E-state index in [9.17, 15) is 9.59 Å². The lowest BCUT2D eigenvalue weighted by atomic mass is 9.88. The first-order valence-electron chi connectivity index (χ1n) is 23.4. The van der Waals surface area contributed by atoms with E-state index >= 15 is 0 Å². The van der Waals surface area contributed by atoms with Gasteiger partial charge in [0.2, 0.25) is 11.8 Å². The molecule has 4 aliphatic rings. The Labute approximate surface area is 385 Å². The van der Waals surface area contributed by atoms with E-state index in [0.29, 0.717) is 35.7 Å². The number of hydrogen-bond donors (Lipinski definition) is 2. The molecule has 10 rings (SSSR count). The molecule has 6 aromatic rings. The van der Waals surface area contributed by atoms with Gasteiger partial charge in [-0.3, -0.25) is 19.9 Å². The number of pyridine rings is 6. The predicted molar refractivity (Wildman–Crippen MR) is 251 cm³/mol. The van der Waals surface area contributed by atoms with Gasteiger partial charge in [0.05, 0.1) is 33.3 Å². The maximum absolute atomic E-state index is 12.2. The van der Waals surface area contributed by atoms with Gasteiger partial charge in [-0.15, -0.1) is 0 Å². The molecule has 344 valence electrons. The minimum Gasteiger partial charge on any atom is -0.474 e. The van der Waals surface area contributed by atoms with E-state index in [1.54, 1.807) is 0 Å². The summed E-state index contributed by atoms with van der Waals surface area (Å²) in [6, 6.07) is 11.5. The van der Waals surface area contributed by atoms with Gasteiger partial charge in [-0.05, 0) is 125 Å². The van der Waals surface area contributed by atoms with Crippen molar-refractivity contribution in [3.63, 3.8) is 0 Å². The molecule has 0 spiro atoms. The summed E-state index contributed by atoms with van der Waals surface area (Å²) in [5, 5.41) is 3.80. The number of rotatable bonds is 12. The van der Waals surface area contributed by atoms with Crippen LogP contribution in [-0.4, -0.2) is 66.3 Å². The van der Waals surface area contributed by atoms with Crippen LogP contribution in [0, 0.1) is 0 Å². The number of aromatic nitrogens is 6. The lowest BCUT2D eigenvalue weighted by molar-refractivity contribution is 0.0225. The molecule has 4 N–H and O–H groups in total. The standard InChI is InChI=1S/2C26H30N4O3/c2*1-5-26(4,27)22-13-29-24(33-18-7-8-18)21-12-28-17(11-20(21)22)10-16-6-9-19-23(30-16)14(2)15(3)32-25(19)31/h2*6,9,11-15,18H,5,7-8,10,27H2,1-4H3/t14-,15-,26+;14-,15-,26-/m00/s1. The molecule has 0 bridgehead atoms. The number of nitrogens with zero attached hydrogens (tertiary/aromatic N) is 6. The summed E-state index contributed by atoms with van der Waals surface area (Å²) in [7, 11) is 0. The molecule has 6 atom stereocenters. The third-order valence-electron chi connectivity index (χ3n) is 13.9. The van der Waals surface area contributed by atoms with Crippen molar-refractivity contribution in [2.75, 3.05) is 0 Å². The summed E-state index contributed by atoms with van der Waals surface area (Å²) >= 11 is 0. The molecule has 0 amide bonds. The third-order valence-corrected chi connectivity index (χ3v) is 13.9. The highest BCUT2D eigenvalue weighted by Crippen LogP contribution is 2.38. The fraction of sp³-hybridized carbons (Fsp3) is 0.462. The van der Waals surface area contributed by atoms with Crippen molar-refractivity contribution >= 4 is 33.5 Å². The lowest BCUT2D eigenvalue weighted by Crippen LogP contribution is -2.32. The molecule has 2 fully saturated rings. The van der Waals surface area contributed by atoms with E-state index in [4.69, 9.17) is 50.4 Å². The van der Waals surface area contributed by atoms with Crippen LogP contribution in [0.3, 0.4) is 0 Å². The van der Waals surface area contributed by atoms with Crippen LogP contribution >= 0.6 is 0 Å². The Morgan fingerprint density at radius 3 is 1.33 bits per heavy atom. The first-order valence-corrected chi connectivity index (χ1v) is 23.4. The van der Waals surface area contributed by atoms with Gasteiger partial charge in [-0.2, -0.15) is 0 Å². The maximum atomic E-state index is 12.2. The number of carbonyl (C=O) groups is 2. The highest BCUT2D eigenvalue weighted by Gasteiger charge is 2.34. The Balaban J connectivity index is 0.000000166. The topological polar surface area (TPSA) is 200 Å². The molecule has 66 heavy (non-hydrogen) atoms. The molecule has 6 aromatic heterocycles. The summed E-state index contributed by atoms with van der Waals surface area (Å²) in [4.78, 5) is 52.7. The molecular weight excluding hydrogens is 833 g/mol. The van der Waals surface area contributed by atoms with Gasteiger partial charge in [0.25, 0.3) is 0 Å². The largest absolute Gasteiger partial charge is 0.474 e. The smallest absolute Gasteiger partial charge is 0.340 e. The number of cyclic esters (lactones) is 2. The van der Waals surface area contributed by atoms with E-state index in [1.165, 1.54) is 0 Å². The maximum Gasteiger partial charge on any atom is 0.340 e. The Hall–Kier alpha value is -6.12. The Kier molecular flexibility index (Phi) is 12.0. The van der Waals surface area contributed by atoms with Crippen LogP contribution in [0.5, 0.6) is 11.8 Å². The van der Waals surface area contributed by atoms with Crippen LogP contribution in [-0.2, 0) is 33.4 Å². The Morgan fingerprint density at radius 2 is 0.970 bits per heavy atom. The molecule has 0 aromatic carbocycles. The molecular formula is C52H60N8O6. The normalized spacial score (nSPS) is 21.9. The van der Waals surface area contributed by atoms with Gasteiger partial charge >= 0.3 is 11.9 Å².